The molecule has 1 aromatic heterocycles. The molecule has 1 fully saturated rings. The lowest BCUT2D eigenvalue weighted by atomic mass is 10.2. The molecule has 0 bridgehead atoms. The van der Waals surface area contributed by atoms with Crippen molar-refractivity contribution in [3.05, 3.63) is 40.3 Å². The SMILES string of the molecule is O=[N+]([O-])c1cc[n+](O)cc1/C=C/N1CCOCC1. The molecule has 7 nitrogen and oxygen atoms in total. The Labute approximate surface area is 104 Å². The monoisotopic (exact) mass is 252 g/mol. The van der Waals surface area contributed by atoms with Gasteiger partial charge in [-0.15, -0.1) is 0 Å². The zero-order valence-electron chi connectivity index (χ0n) is 9.73. The van der Waals surface area contributed by atoms with Crippen LogP contribution in [0.15, 0.2) is 24.7 Å². The fourth-order valence-electron chi connectivity index (χ4n) is 1.70. The zero-order valence-corrected chi connectivity index (χ0v) is 9.73. The van der Waals surface area contributed by atoms with Crippen molar-refractivity contribution in [2.75, 3.05) is 26.3 Å². The minimum Gasteiger partial charge on any atom is -0.378 e. The van der Waals surface area contributed by atoms with E-state index in [0.717, 1.165) is 17.8 Å². The summed E-state index contributed by atoms with van der Waals surface area (Å²) in [6, 6.07) is 1.26. The van der Waals surface area contributed by atoms with Crippen LogP contribution >= 0.6 is 0 Å². The van der Waals surface area contributed by atoms with Crippen LogP contribution in [0.2, 0.25) is 0 Å². The summed E-state index contributed by atoms with van der Waals surface area (Å²) in [7, 11) is 0. The first-order valence-electron chi connectivity index (χ1n) is 5.56. The number of nitro groups is 1. The maximum atomic E-state index is 10.8. The quantitative estimate of drug-likeness (QED) is 0.365. The van der Waals surface area contributed by atoms with Crippen LogP contribution < -0.4 is 4.73 Å². The van der Waals surface area contributed by atoms with Crippen LogP contribution in [0.5, 0.6) is 0 Å². The van der Waals surface area contributed by atoms with Crippen LogP contribution in [0, 0.1) is 10.1 Å². The summed E-state index contributed by atoms with van der Waals surface area (Å²) in [6.45, 7) is 2.83. The largest absolute Gasteiger partial charge is 0.378 e. The number of morpholine rings is 1. The van der Waals surface area contributed by atoms with Crippen molar-refractivity contribution in [3.8, 4) is 0 Å². The fourth-order valence-corrected chi connectivity index (χ4v) is 1.70. The summed E-state index contributed by atoms with van der Waals surface area (Å²) in [5.41, 5.74) is 0.321. The molecule has 0 atom stereocenters. The molecule has 2 rings (SSSR count). The van der Waals surface area contributed by atoms with Gasteiger partial charge in [0, 0.05) is 24.0 Å². The van der Waals surface area contributed by atoms with E-state index in [2.05, 4.69) is 0 Å². The predicted molar refractivity (Wildman–Crippen MR) is 61.9 cm³/mol. The summed E-state index contributed by atoms with van der Waals surface area (Å²) in [4.78, 5) is 12.4. The minimum absolute atomic E-state index is 0.0372. The van der Waals surface area contributed by atoms with Crippen LogP contribution in [0.1, 0.15) is 5.56 Å². The van der Waals surface area contributed by atoms with E-state index in [1.807, 2.05) is 4.90 Å². The van der Waals surface area contributed by atoms with Gasteiger partial charge in [-0.05, 0) is 6.08 Å². The van der Waals surface area contributed by atoms with Gasteiger partial charge in [-0.2, -0.15) is 0 Å². The molecule has 1 aliphatic heterocycles. The summed E-state index contributed by atoms with van der Waals surface area (Å²) >= 11 is 0. The lowest BCUT2D eigenvalue weighted by molar-refractivity contribution is -0.905. The molecule has 18 heavy (non-hydrogen) atoms. The van der Waals surface area contributed by atoms with Crippen molar-refractivity contribution < 1.29 is 19.6 Å². The number of nitrogens with zero attached hydrogens (tertiary/aromatic N) is 3. The van der Waals surface area contributed by atoms with Crippen molar-refractivity contribution in [1.82, 2.24) is 4.90 Å². The Hall–Kier alpha value is -2.15. The highest BCUT2D eigenvalue weighted by Crippen LogP contribution is 2.17. The van der Waals surface area contributed by atoms with E-state index >= 15 is 0 Å². The Morgan fingerprint density at radius 1 is 1.50 bits per heavy atom. The number of ether oxygens (including phenoxy) is 1. The summed E-state index contributed by atoms with van der Waals surface area (Å²) < 4.78 is 6.00. The van der Waals surface area contributed by atoms with E-state index in [-0.39, 0.29) is 5.69 Å². The topological polar surface area (TPSA) is 79.7 Å². The molecule has 0 unspecified atom stereocenters. The predicted octanol–water partition coefficient (Wildman–Crippen LogP) is 0.422. The van der Waals surface area contributed by atoms with Gasteiger partial charge in [-0.3, -0.25) is 15.3 Å². The number of hydrogen-bond acceptors (Lipinski definition) is 5. The van der Waals surface area contributed by atoms with E-state index < -0.39 is 4.92 Å². The highest BCUT2D eigenvalue weighted by Gasteiger charge is 2.16. The van der Waals surface area contributed by atoms with Gasteiger partial charge in [-0.1, -0.05) is 0 Å². The van der Waals surface area contributed by atoms with Crippen molar-refractivity contribution >= 4 is 11.8 Å². The first-order chi connectivity index (χ1) is 8.66. The van der Waals surface area contributed by atoms with Gasteiger partial charge in [0.1, 0.15) is 5.56 Å². The first-order valence-corrected chi connectivity index (χ1v) is 5.56. The maximum Gasteiger partial charge on any atom is 0.289 e. The third-order valence-electron chi connectivity index (χ3n) is 2.66. The highest BCUT2D eigenvalue weighted by molar-refractivity contribution is 5.58. The van der Waals surface area contributed by atoms with Gasteiger partial charge in [0.2, 0.25) is 12.4 Å². The second-order valence-corrected chi connectivity index (χ2v) is 3.89. The second-order valence-electron chi connectivity index (χ2n) is 3.89. The molecule has 7 heteroatoms. The smallest absolute Gasteiger partial charge is 0.289 e. The standard InChI is InChI=1S/C11H14N3O4/c15-13-4-2-11(14(16)17)10(9-13)1-3-12-5-7-18-8-6-12/h1-4,9,15H,5-8H2/q+1/b3-1+. The molecular weight excluding hydrogens is 238 g/mol. The van der Waals surface area contributed by atoms with Gasteiger partial charge in [0.25, 0.3) is 5.69 Å². The van der Waals surface area contributed by atoms with Crippen LogP contribution in [-0.4, -0.2) is 41.3 Å². The van der Waals surface area contributed by atoms with Crippen LogP contribution in [0.3, 0.4) is 0 Å². The van der Waals surface area contributed by atoms with Gasteiger partial charge in [-0.25, -0.2) is 0 Å². The lowest BCUT2D eigenvalue weighted by Gasteiger charge is -2.24. The Bertz CT molecular complexity index is 469. The third-order valence-corrected chi connectivity index (χ3v) is 2.66. The van der Waals surface area contributed by atoms with Crippen molar-refractivity contribution in [1.29, 1.82) is 0 Å². The molecule has 1 aromatic rings. The normalized spacial score (nSPS) is 16.1. The first kappa shape index (κ1) is 12.3. The van der Waals surface area contributed by atoms with Gasteiger partial charge in [0.05, 0.1) is 24.2 Å². The van der Waals surface area contributed by atoms with E-state index in [1.54, 1.807) is 12.3 Å². The van der Waals surface area contributed by atoms with Crippen molar-refractivity contribution in [2.45, 2.75) is 0 Å². The Morgan fingerprint density at radius 3 is 2.89 bits per heavy atom. The summed E-state index contributed by atoms with van der Waals surface area (Å²) in [5, 5.41) is 20.1. The molecule has 0 radical (unpaired) electrons. The molecule has 1 aliphatic rings. The summed E-state index contributed by atoms with van der Waals surface area (Å²) in [6.07, 6.45) is 5.93. The molecule has 1 saturated heterocycles. The molecule has 0 aromatic carbocycles. The van der Waals surface area contributed by atoms with E-state index in [1.165, 1.54) is 18.5 Å². The molecule has 1 N–H and O–H groups in total. The number of pyridine rings is 1. The number of rotatable bonds is 3. The average Bonchev–Trinajstić information content (AvgIpc) is 2.37. The average molecular weight is 252 g/mol. The molecule has 2 heterocycles. The van der Waals surface area contributed by atoms with Crippen molar-refractivity contribution in [3.63, 3.8) is 0 Å². The fraction of sp³-hybridized carbons (Fsp3) is 0.364. The Kier molecular flexibility index (Phi) is 3.73. The molecule has 0 spiro atoms. The zero-order chi connectivity index (χ0) is 13.0. The second kappa shape index (κ2) is 5.46. The molecule has 0 saturated carbocycles. The minimum atomic E-state index is -0.473. The van der Waals surface area contributed by atoms with Crippen LogP contribution in [0.25, 0.3) is 6.08 Å². The number of aromatic nitrogens is 1. The molecule has 0 aliphatic carbocycles. The lowest BCUT2D eigenvalue weighted by Crippen LogP contribution is -2.32. The number of hydrogen-bond donors (Lipinski definition) is 1. The highest BCUT2D eigenvalue weighted by atomic mass is 16.6. The van der Waals surface area contributed by atoms with Crippen molar-refractivity contribution in [2.24, 2.45) is 0 Å². The maximum absolute atomic E-state index is 10.8. The molecular formula is C11H14N3O4+. The van der Waals surface area contributed by atoms with E-state index in [9.17, 15) is 15.3 Å². The van der Waals surface area contributed by atoms with Gasteiger partial charge in [0.15, 0.2) is 0 Å². The Morgan fingerprint density at radius 2 is 2.22 bits per heavy atom. The van der Waals surface area contributed by atoms with Crippen LogP contribution in [-0.2, 0) is 4.74 Å². The molecule has 96 valence electrons. The van der Waals surface area contributed by atoms with Gasteiger partial charge >= 0.3 is 0 Å². The third kappa shape index (κ3) is 2.95. The van der Waals surface area contributed by atoms with E-state index in [4.69, 9.17) is 4.74 Å². The molecule has 0 amide bonds. The van der Waals surface area contributed by atoms with Gasteiger partial charge < -0.3 is 9.64 Å². The van der Waals surface area contributed by atoms with E-state index in [0.29, 0.717) is 18.8 Å². The summed E-state index contributed by atoms with van der Waals surface area (Å²) in [5.74, 6) is 0. The Balaban J connectivity index is 2.18. The van der Waals surface area contributed by atoms with Crippen LogP contribution in [0.4, 0.5) is 5.69 Å².